The van der Waals surface area contributed by atoms with Crippen LogP contribution >= 0.6 is 0 Å². The molecule has 0 radical (unpaired) electrons. The number of aryl methyl sites for hydroxylation is 1. The Morgan fingerprint density at radius 3 is 2.42 bits per heavy atom. The molecule has 0 aliphatic rings. The number of nitriles is 2. The lowest BCUT2D eigenvalue weighted by Gasteiger charge is -2.20. The molecule has 0 unspecified atom stereocenters. The molecule has 1 aromatic carbocycles. The molecular weight excluding hydrogens is 322 g/mol. The number of nitrogens with zero attached hydrogens (tertiary/aromatic N) is 3. The van der Waals surface area contributed by atoms with Gasteiger partial charge in [-0.25, -0.2) is 8.42 Å². The van der Waals surface area contributed by atoms with Gasteiger partial charge in [0.15, 0.2) is 0 Å². The first-order chi connectivity index (χ1) is 11.5. The van der Waals surface area contributed by atoms with Crippen molar-refractivity contribution in [3.63, 3.8) is 0 Å². The third-order valence-electron chi connectivity index (χ3n) is 3.47. The summed E-state index contributed by atoms with van der Waals surface area (Å²) in [4.78, 5) is 0.223. The highest BCUT2D eigenvalue weighted by atomic mass is 32.2. The first-order valence-corrected chi connectivity index (χ1v) is 9.03. The van der Waals surface area contributed by atoms with E-state index in [1.165, 1.54) is 4.31 Å². The molecule has 6 heteroatoms. The van der Waals surface area contributed by atoms with Crippen LogP contribution in [0.4, 0.5) is 0 Å². The Hall–Kier alpha value is -2.41. The smallest absolute Gasteiger partial charge is 0.207 e. The van der Waals surface area contributed by atoms with Crippen LogP contribution in [0.25, 0.3) is 0 Å². The lowest BCUT2D eigenvalue weighted by atomic mass is 10.2. The van der Waals surface area contributed by atoms with Crippen LogP contribution in [-0.4, -0.2) is 25.8 Å². The molecule has 0 atom stereocenters. The molecular formula is C18H21N3O2S. The summed E-state index contributed by atoms with van der Waals surface area (Å²) in [6.07, 6.45) is 5.57. The van der Waals surface area contributed by atoms with E-state index in [2.05, 4.69) is 6.07 Å². The summed E-state index contributed by atoms with van der Waals surface area (Å²) in [5.74, 6) is 0. The summed E-state index contributed by atoms with van der Waals surface area (Å²) in [7, 11) is -3.65. The molecule has 0 bridgehead atoms. The third kappa shape index (κ3) is 5.66. The van der Waals surface area contributed by atoms with Crippen LogP contribution in [0, 0.1) is 29.6 Å². The number of sulfonamides is 1. The average Bonchev–Trinajstić information content (AvgIpc) is 2.57. The van der Waals surface area contributed by atoms with E-state index in [1.807, 2.05) is 13.0 Å². The van der Waals surface area contributed by atoms with Crippen molar-refractivity contribution in [3.05, 3.63) is 53.6 Å². The zero-order valence-corrected chi connectivity index (χ0v) is 14.8. The molecule has 0 fully saturated rings. The van der Waals surface area contributed by atoms with Crippen LogP contribution in [0.5, 0.6) is 0 Å². The molecule has 0 heterocycles. The Bertz CT molecular complexity index is 779. The summed E-state index contributed by atoms with van der Waals surface area (Å²) >= 11 is 0. The van der Waals surface area contributed by atoms with Crippen molar-refractivity contribution in [1.29, 1.82) is 10.5 Å². The van der Waals surface area contributed by atoms with Gasteiger partial charge in [-0.15, -0.1) is 0 Å². The number of allylic oxidation sites excluding steroid dienone is 2. The van der Waals surface area contributed by atoms with Gasteiger partial charge in [0.25, 0.3) is 0 Å². The highest BCUT2D eigenvalue weighted by Gasteiger charge is 2.23. The molecule has 24 heavy (non-hydrogen) atoms. The van der Waals surface area contributed by atoms with Crippen molar-refractivity contribution in [2.75, 3.05) is 13.1 Å². The van der Waals surface area contributed by atoms with Gasteiger partial charge in [-0.3, -0.25) is 0 Å². The number of hydrogen-bond acceptors (Lipinski definition) is 4. The van der Waals surface area contributed by atoms with Crippen LogP contribution in [0.3, 0.4) is 0 Å². The first kappa shape index (κ1) is 19.6. The zero-order valence-electron chi connectivity index (χ0n) is 13.9. The standard InChI is InChI=1S/C18H21N3O2S/c1-3-17(15-20)11-14-21(13-6-4-5-12-19)24(22,23)18-9-7-16(2)8-10-18/h3-4,6-10H,5,11,13-14H2,1-2H3/b6-4+,17-3+. The second-order valence-electron chi connectivity index (χ2n) is 5.19. The SMILES string of the molecule is C/C=C(/C#N)CCN(C/C=C/CC#N)S(=O)(=O)c1ccc(C)cc1. The minimum atomic E-state index is -3.65. The van der Waals surface area contributed by atoms with Crippen LogP contribution in [0.1, 0.15) is 25.3 Å². The molecule has 0 saturated heterocycles. The van der Waals surface area contributed by atoms with Gasteiger partial charge in [0.2, 0.25) is 10.0 Å². The second kappa shape index (κ2) is 9.67. The topological polar surface area (TPSA) is 85.0 Å². The van der Waals surface area contributed by atoms with Gasteiger partial charge in [-0.2, -0.15) is 14.8 Å². The van der Waals surface area contributed by atoms with Gasteiger partial charge in [0.1, 0.15) is 0 Å². The lowest BCUT2D eigenvalue weighted by Crippen LogP contribution is -2.32. The van der Waals surface area contributed by atoms with Crippen LogP contribution in [0.2, 0.25) is 0 Å². The molecule has 0 saturated carbocycles. The zero-order chi connectivity index (χ0) is 18.0. The maximum atomic E-state index is 12.8. The Labute approximate surface area is 144 Å². The Balaban J connectivity index is 3.03. The van der Waals surface area contributed by atoms with Gasteiger partial charge in [0, 0.05) is 18.7 Å². The van der Waals surface area contributed by atoms with Gasteiger partial charge in [0.05, 0.1) is 23.5 Å². The molecule has 5 nitrogen and oxygen atoms in total. The van der Waals surface area contributed by atoms with Gasteiger partial charge in [-0.1, -0.05) is 35.9 Å². The summed E-state index contributed by atoms with van der Waals surface area (Å²) in [5, 5.41) is 17.6. The average molecular weight is 343 g/mol. The Morgan fingerprint density at radius 1 is 1.21 bits per heavy atom. The summed E-state index contributed by atoms with van der Waals surface area (Å²) in [6, 6.07) is 10.7. The van der Waals surface area contributed by atoms with E-state index in [9.17, 15) is 8.42 Å². The molecule has 126 valence electrons. The van der Waals surface area contributed by atoms with Crippen LogP contribution in [0.15, 0.2) is 53.0 Å². The minimum absolute atomic E-state index is 0.167. The summed E-state index contributed by atoms with van der Waals surface area (Å²) in [5.41, 5.74) is 1.52. The van der Waals surface area contributed by atoms with E-state index in [-0.39, 0.29) is 24.4 Å². The highest BCUT2D eigenvalue weighted by Crippen LogP contribution is 2.18. The first-order valence-electron chi connectivity index (χ1n) is 7.59. The maximum Gasteiger partial charge on any atom is 0.243 e. The molecule has 0 N–H and O–H groups in total. The van der Waals surface area contributed by atoms with E-state index >= 15 is 0 Å². The molecule has 1 rings (SSSR count). The van der Waals surface area contributed by atoms with Crippen LogP contribution in [-0.2, 0) is 10.0 Å². The molecule has 0 aromatic heterocycles. The lowest BCUT2D eigenvalue weighted by molar-refractivity contribution is 0.446. The predicted octanol–water partition coefficient (Wildman–Crippen LogP) is 3.32. The fourth-order valence-corrected chi connectivity index (χ4v) is 3.40. The number of rotatable bonds is 8. The summed E-state index contributed by atoms with van der Waals surface area (Å²) < 4.78 is 27.0. The second-order valence-corrected chi connectivity index (χ2v) is 7.12. The Kier molecular flexibility index (Phi) is 7.91. The minimum Gasteiger partial charge on any atom is -0.207 e. The van der Waals surface area contributed by atoms with E-state index in [0.717, 1.165) is 5.56 Å². The van der Waals surface area contributed by atoms with Gasteiger partial charge < -0.3 is 0 Å². The number of benzene rings is 1. The molecule has 0 spiro atoms. The van der Waals surface area contributed by atoms with E-state index in [4.69, 9.17) is 10.5 Å². The van der Waals surface area contributed by atoms with Crippen molar-refractivity contribution in [3.8, 4) is 12.1 Å². The maximum absolute atomic E-state index is 12.8. The molecule has 0 aliphatic heterocycles. The summed E-state index contributed by atoms with van der Waals surface area (Å²) in [6.45, 7) is 4.02. The third-order valence-corrected chi connectivity index (χ3v) is 5.35. The number of hydrogen-bond donors (Lipinski definition) is 0. The monoisotopic (exact) mass is 343 g/mol. The van der Waals surface area contributed by atoms with E-state index in [0.29, 0.717) is 12.0 Å². The van der Waals surface area contributed by atoms with E-state index < -0.39 is 10.0 Å². The van der Waals surface area contributed by atoms with Crippen molar-refractivity contribution in [2.24, 2.45) is 0 Å². The van der Waals surface area contributed by atoms with Crippen molar-refractivity contribution >= 4 is 10.0 Å². The predicted molar refractivity (Wildman–Crippen MR) is 93.3 cm³/mol. The molecule has 0 amide bonds. The van der Waals surface area contributed by atoms with Gasteiger partial charge >= 0.3 is 0 Å². The normalized spacial score (nSPS) is 12.3. The quantitative estimate of drug-likeness (QED) is 0.535. The van der Waals surface area contributed by atoms with Crippen molar-refractivity contribution in [2.45, 2.75) is 31.6 Å². The van der Waals surface area contributed by atoms with Crippen molar-refractivity contribution in [1.82, 2.24) is 4.31 Å². The fourth-order valence-electron chi connectivity index (χ4n) is 2.01. The van der Waals surface area contributed by atoms with Gasteiger partial charge in [-0.05, 0) is 32.4 Å². The highest BCUT2D eigenvalue weighted by molar-refractivity contribution is 7.89. The largest absolute Gasteiger partial charge is 0.243 e. The molecule has 0 aliphatic carbocycles. The van der Waals surface area contributed by atoms with Crippen LogP contribution < -0.4 is 0 Å². The van der Waals surface area contributed by atoms with Crippen molar-refractivity contribution < 1.29 is 8.42 Å². The Morgan fingerprint density at radius 2 is 1.88 bits per heavy atom. The fraction of sp³-hybridized carbons (Fsp3) is 0.333. The molecule has 1 aromatic rings. The van der Waals surface area contributed by atoms with E-state index in [1.54, 1.807) is 49.4 Å².